The van der Waals surface area contributed by atoms with Gasteiger partial charge in [0.25, 0.3) is 0 Å². The summed E-state index contributed by atoms with van der Waals surface area (Å²) in [5.74, 6) is 0.184. The maximum absolute atomic E-state index is 12.9. The normalized spacial score (nSPS) is 18.2. The summed E-state index contributed by atoms with van der Waals surface area (Å²) >= 11 is 1.61. The molecule has 1 atom stereocenters. The van der Waals surface area contributed by atoms with Gasteiger partial charge in [0.1, 0.15) is 0 Å². The molecule has 5 heteroatoms. The van der Waals surface area contributed by atoms with Crippen molar-refractivity contribution in [1.82, 2.24) is 14.9 Å². The van der Waals surface area contributed by atoms with Gasteiger partial charge in [-0.05, 0) is 43.7 Å². The number of nitrogens with one attached hydrogen (secondary N) is 1. The average molecular weight is 339 g/mol. The molecule has 3 aromatic rings. The quantitative estimate of drug-likeness (QED) is 0.776. The predicted octanol–water partition coefficient (Wildman–Crippen LogP) is 4.23. The van der Waals surface area contributed by atoms with Gasteiger partial charge in [0.05, 0.1) is 23.2 Å². The van der Waals surface area contributed by atoms with Crippen LogP contribution in [-0.4, -0.2) is 27.3 Å². The molecule has 1 aliphatic rings. The number of piperidine rings is 1. The third kappa shape index (κ3) is 2.96. The van der Waals surface area contributed by atoms with Crippen molar-refractivity contribution >= 4 is 28.1 Å². The van der Waals surface area contributed by atoms with E-state index in [0.29, 0.717) is 6.42 Å². The number of para-hydroxylation sites is 1. The van der Waals surface area contributed by atoms with Crippen LogP contribution in [0.4, 0.5) is 0 Å². The lowest BCUT2D eigenvalue weighted by Crippen LogP contribution is -2.39. The minimum absolute atomic E-state index is 0.151. The Morgan fingerprint density at radius 3 is 3.04 bits per heavy atom. The third-order valence-electron chi connectivity index (χ3n) is 4.73. The molecule has 1 N–H and O–H groups in total. The Hall–Kier alpha value is -2.14. The molecule has 24 heavy (non-hydrogen) atoms. The molecule has 124 valence electrons. The van der Waals surface area contributed by atoms with Crippen molar-refractivity contribution in [3.05, 3.63) is 52.1 Å². The standard InChI is InChI=1S/C19H21N3OS/c1-13-20-15(12-24-13)11-19(23)22-9-5-4-8-18(22)17-10-14-6-2-3-7-16(14)21-17/h2-3,6-7,10,12,18,21H,4-5,8-9,11H2,1H3. The molecule has 0 spiro atoms. The highest BCUT2D eigenvalue weighted by molar-refractivity contribution is 7.09. The maximum Gasteiger partial charge on any atom is 0.229 e. The summed E-state index contributed by atoms with van der Waals surface area (Å²) in [6, 6.07) is 10.6. The number of likely N-dealkylation sites (tertiary alicyclic amines) is 1. The summed E-state index contributed by atoms with van der Waals surface area (Å²) < 4.78 is 0. The van der Waals surface area contributed by atoms with Crippen LogP contribution in [0.15, 0.2) is 35.7 Å². The molecule has 0 radical (unpaired) electrons. The molecule has 1 aromatic carbocycles. The van der Waals surface area contributed by atoms with E-state index in [1.54, 1.807) is 11.3 Å². The van der Waals surface area contributed by atoms with Gasteiger partial charge >= 0.3 is 0 Å². The van der Waals surface area contributed by atoms with E-state index in [4.69, 9.17) is 0 Å². The van der Waals surface area contributed by atoms with Crippen molar-refractivity contribution in [2.24, 2.45) is 0 Å². The molecule has 0 saturated carbocycles. The molecule has 2 aromatic heterocycles. The fourth-order valence-electron chi connectivity index (χ4n) is 3.57. The van der Waals surface area contributed by atoms with Gasteiger partial charge in [-0.25, -0.2) is 4.98 Å². The first-order chi connectivity index (χ1) is 11.7. The van der Waals surface area contributed by atoms with E-state index in [0.717, 1.165) is 41.3 Å². The van der Waals surface area contributed by atoms with Crippen LogP contribution in [0, 0.1) is 6.92 Å². The van der Waals surface area contributed by atoms with Gasteiger partial charge in [0, 0.05) is 23.1 Å². The van der Waals surface area contributed by atoms with Crippen LogP contribution < -0.4 is 0 Å². The molecule has 0 aliphatic carbocycles. The Labute approximate surface area is 145 Å². The number of aromatic amines is 1. The second-order valence-corrected chi connectivity index (χ2v) is 7.51. The highest BCUT2D eigenvalue weighted by Gasteiger charge is 2.29. The summed E-state index contributed by atoms with van der Waals surface area (Å²) in [6.45, 7) is 2.81. The van der Waals surface area contributed by atoms with Crippen LogP contribution in [0.3, 0.4) is 0 Å². The Kier molecular flexibility index (Phi) is 4.10. The first-order valence-corrected chi connectivity index (χ1v) is 9.37. The summed E-state index contributed by atoms with van der Waals surface area (Å²) in [6.07, 6.45) is 3.67. The van der Waals surface area contributed by atoms with Crippen LogP contribution in [0.2, 0.25) is 0 Å². The maximum atomic E-state index is 12.9. The van der Waals surface area contributed by atoms with E-state index < -0.39 is 0 Å². The van der Waals surface area contributed by atoms with Gasteiger partial charge in [0.15, 0.2) is 0 Å². The zero-order valence-electron chi connectivity index (χ0n) is 13.8. The van der Waals surface area contributed by atoms with E-state index in [-0.39, 0.29) is 11.9 Å². The van der Waals surface area contributed by atoms with Crippen LogP contribution >= 0.6 is 11.3 Å². The highest BCUT2D eigenvalue weighted by Crippen LogP contribution is 2.32. The monoisotopic (exact) mass is 339 g/mol. The van der Waals surface area contributed by atoms with Crippen LogP contribution in [-0.2, 0) is 11.2 Å². The van der Waals surface area contributed by atoms with E-state index in [2.05, 4.69) is 28.2 Å². The molecule has 4 nitrogen and oxygen atoms in total. The number of rotatable bonds is 3. The van der Waals surface area contributed by atoms with Crippen molar-refractivity contribution in [2.45, 2.75) is 38.6 Å². The number of nitrogens with zero attached hydrogens (tertiary/aromatic N) is 2. The Morgan fingerprint density at radius 1 is 1.38 bits per heavy atom. The van der Waals surface area contributed by atoms with Crippen molar-refractivity contribution in [3.8, 4) is 0 Å². The number of aryl methyl sites for hydroxylation is 1. The largest absolute Gasteiger partial charge is 0.357 e. The molecule has 1 unspecified atom stereocenters. The Balaban J connectivity index is 1.59. The van der Waals surface area contributed by atoms with Crippen molar-refractivity contribution in [1.29, 1.82) is 0 Å². The lowest BCUT2D eigenvalue weighted by molar-refractivity contribution is -0.134. The van der Waals surface area contributed by atoms with Gasteiger partial charge < -0.3 is 9.88 Å². The fourth-order valence-corrected chi connectivity index (χ4v) is 4.19. The fraction of sp³-hybridized carbons (Fsp3) is 0.368. The van der Waals surface area contributed by atoms with E-state index in [1.807, 2.05) is 29.3 Å². The third-order valence-corrected chi connectivity index (χ3v) is 5.55. The number of benzene rings is 1. The van der Waals surface area contributed by atoms with Gasteiger partial charge in [-0.2, -0.15) is 0 Å². The number of H-pyrrole nitrogens is 1. The molecule has 1 saturated heterocycles. The molecular formula is C19H21N3OS. The molecule has 0 bridgehead atoms. The first-order valence-electron chi connectivity index (χ1n) is 8.49. The predicted molar refractivity (Wildman–Crippen MR) is 97.2 cm³/mol. The minimum Gasteiger partial charge on any atom is -0.357 e. The number of carbonyl (C=O) groups is 1. The Bertz CT molecular complexity index is 833. The first kappa shape index (κ1) is 15.4. The van der Waals surface area contributed by atoms with E-state index >= 15 is 0 Å². The number of hydrogen-bond acceptors (Lipinski definition) is 3. The smallest absolute Gasteiger partial charge is 0.229 e. The summed E-state index contributed by atoms with van der Waals surface area (Å²) in [5.41, 5.74) is 3.18. The lowest BCUT2D eigenvalue weighted by atomic mass is 9.98. The van der Waals surface area contributed by atoms with Gasteiger partial charge in [0.2, 0.25) is 5.91 Å². The van der Waals surface area contributed by atoms with E-state index in [1.165, 1.54) is 11.8 Å². The highest BCUT2D eigenvalue weighted by atomic mass is 32.1. The number of aromatic nitrogens is 2. The summed E-state index contributed by atoms with van der Waals surface area (Å²) in [7, 11) is 0. The van der Waals surface area contributed by atoms with Gasteiger partial charge in [-0.3, -0.25) is 4.79 Å². The van der Waals surface area contributed by atoms with Crippen LogP contribution in [0.5, 0.6) is 0 Å². The number of amides is 1. The van der Waals surface area contributed by atoms with E-state index in [9.17, 15) is 4.79 Å². The Morgan fingerprint density at radius 2 is 2.25 bits per heavy atom. The minimum atomic E-state index is 0.151. The second-order valence-electron chi connectivity index (χ2n) is 6.45. The van der Waals surface area contributed by atoms with Crippen molar-refractivity contribution in [2.75, 3.05) is 6.54 Å². The van der Waals surface area contributed by atoms with Gasteiger partial charge in [-0.1, -0.05) is 18.2 Å². The molecule has 1 fully saturated rings. The molecule has 3 heterocycles. The molecule has 1 amide bonds. The zero-order chi connectivity index (χ0) is 16.5. The molecular weight excluding hydrogens is 318 g/mol. The number of fused-ring (bicyclic) bond motifs is 1. The second kappa shape index (κ2) is 6.40. The number of hydrogen-bond donors (Lipinski definition) is 1. The zero-order valence-corrected chi connectivity index (χ0v) is 14.6. The van der Waals surface area contributed by atoms with Crippen molar-refractivity contribution in [3.63, 3.8) is 0 Å². The number of thiazole rings is 1. The molecule has 4 rings (SSSR count). The van der Waals surface area contributed by atoms with Gasteiger partial charge in [-0.15, -0.1) is 11.3 Å². The SMILES string of the molecule is Cc1nc(CC(=O)N2CCCCC2c2cc3ccccc3[nH]2)cs1. The lowest BCUT2D eigenvalue weighted by Gasteiger charge is -2.35. The summed E-state index contributed by atoms with van der Waals surface area (Å²) in [5, 5.41) is 4.22. The van der Waals surface area contributed by atoms with Crippen molar-refractivity contribution < 1.29 is 4.79 Å². The average Bonchev–Trinajstić information content (AvgIpc) is 3.20. The van der Waals surface area contributed by atoms with Crippen LogP contribution in [0.25, 0.3) is 10.9 Å². The number of carbonyl (C=O) groups excluding carboxylic acids is 1. The topological polar surface area (TPSA) is 49.0 Å². The summed E-state index contributed by atoms with van der Waals surface area (Å²) in [4.78, 5) is 22.8. The van der Waals surface area contributed by atoms with Crippen LogP contribution in [0.1, 0.15) is 41.7 Å². The molecule has 1 aliphatic heterocycles.